The lowest BCUT2D eigenvalue weighted by atomic mass is 10.2. The first kappa shape index (κ1) is 6.54. The summed E-state index contributed by atoms with van der Waals surface area (Å²) in [5, 5.41) is 3.08. The summed E-state index contributed by atoms with van der Waals surface area (Å²) in [7, 11) is 0. The van der Waals surface area contributed by atoms with Crippen LogP contribution in [0.15, 0.2) is 0 Å². The highest BCUT2D eigenvalue weighted by Gasteiger charge is 2.42. The van der Waals surface area contributed by atoms with Crippen LogP contribution in [-0.2, 0) is 9.47 Å². The summed E-state index contributed by atoms with van der Waals surface area (Å²) in [6.45, 7) is 2.14. The van der Waals surface area contributed by atoms with Gasteiger partial charge in [0, 0.05) is 6.42 Å². The molecule has 2 fully saturated rings. The van der Waals surface area contributed by atoms with Gasteiger partial charge in [0.15, 0.2) is 5.79 Å². The smallest absolute Gasteiger partial charge is 0.183 e. The minimum Gasteiger partial charge on any atom is -0.346 e. The highest BCUT2D eigenvalue weighted by atomic mass is 16.7. The molecule has 2 aliphatic rings. The lowest BCUT2D eigenvalue weighted by Gasteiger charge is -2.19. The van der Waals surface area contributed by atoms with Crippen LogP contribution >= 0.6 is 0 Å². The van der Waals surface area contributed by atoms with Crippen LogP contribution in [0.25, 0.3) is 0 Å². The molecular formula is C6H12N2O2. The van der Waals surface area contributed by atoms with Crippen molar-refractivity contribution in [3.05, 3.63) is 0 Å². The third-order valence-corrected chi connectivity index (χ3v) is 1.98. The van der Waals surface area contributed by atoms with Gasteiger partial charge in [-0.25, -0.2) is 0 Å². The van der Waals surface area contributed by atoms with E-state index in [9.17, 15) is 0 Å². The third-order valence-electron chi connectivity index (χ3n) is 1.98. The maximum Gasteiger partial charge on any atom is 0.183 e. The zero-order valence-corrected chi connectivity index (χ0v) is 5.80. The van der Waals surface area contributed by atoms with Gasteiger partial charge < -0.3 is 15.2 Å². The van der Waals surface area contributed by atoms with Crippen LogP contribution in [0.4, 0.5) is 0 Å². The number of ether oxygens (including phenoxy) is 2. The minimum atomic E-state index is -0.376. The van der Waals surface area contributed by atoms with E-state index in [4.69, 9.17) is 15.2 Å². The maximum absolute atomic E-state index is 5.62. The molecule has 2 saturated heterocycles. The Bertz CT molecular complexity index is 134. The zero-order valence-electron chi connectivity index (χ0n) is 5.80. The summed E-state index contributed by atoms with van der Waals surface area (Å²) in [6.07, 6.45) is 0.811. The van der Waals surface area contributed by atoms with Crippen LogP contribution in [0.1, 0.15) is 6.42 Å². The standard InChI is InChI=1S/C6H12N2O2/c7-5-3-6(4-8-5)9-1-2-10-6/h5,8H,1-4,7H2. The first-order chi connectivity index (χ1) is 4.81. The van der Waals surface area contributed by atoms with Gasteiger partial charge in [-0.15, -0.1) is 0 Å². The summed E-state index contributed by atoms with van der Waals surface area (Å²) in [5.74, 6) is -0.376. The zero-order chi connectivity index (χ0) is 7.03. The third kappa shape index (κ3) is 0.932. The molecule has 0 amide bonds. The molecular weight excluding hydrogens is 132 g/mol. The van der Waals surface area contributed by atoms with E-state index in [2.05, 4.69) is 5.32 Å². The van der Waals surface area contributed by atoms with E-state index in [-0.39, 0.29) is 12.0 Å². The monoisotopic (exact) mass is 144 g/mol. The molecule has 0 aromatic heterocycles. The Morgan fingerprint density at radius 3 is 2.60 bits per heavy atom. The summed E-state index contributed by atoms with van der Waals surface area (Å²) < 4.78 is 10.8. The van der Waals surface area contributed by atoms with E-state index in [1.165, 1.54) is 0 Å². The van der Waals surface area contributed by atoms with E-state index in [0.717, 1.165) is 13.0 Å². The molecule has 4 heteroatoms. The Balaban J connectivity index is 2.03. The molecule has 0 bridgehead atoms. The molecule has 2 heterocycles. The van der Waals surface area contributed by atoms with Crippen LogP contribution in [-0.4, -0.2) is 31.7 Å². The molecule has 0 radical (unpaired) electrons. The van der Waals surface area contributed by atoms with E-state index < -0.39 is 0 Å². The van der Waals surface area contributed by atoms with Crippen molar-refractivity contribution in [2.45, 2.75) is 18.4 Å². The number of hydrogen-bond donors (Lipinski definition) is 2. The van der Waals surface area contributed by atoms with Crippen LogP contribution < -0.4 is 11.1 Å². The normalized spacial score (nSPS) is 37.5. The molecule has 1 spiro atoms. The summed E-state index contributed by atoms with van der Waals surface area (Å²) in [5.41, 5.74) is 5.62. The molecule has 0 saturated carbocycles. The largest absolute Gasteiger partial charge is 0.346 e. The molecule has 10 heavy (non-hydrogen) atoms. The van der Waals surface area contributed by atoms with Crippen molar-refractivity contribution in [3.63, 3.8) is 0 Å². The van der Waals surface area contributed by atoms with Gasteiger partial charge in [0.2, 0.25) is 0 Å². The average Bonchev–Trinajstić information content (AvgIpc) is 2.46. The Morgan fingerprint density at radius 1 is 1.40 bits per heavy atom. The van der Waals surface area contributed by atoms with Crippen molar-refractivity contribution >= 4 is 0 Å². The molecule has 0 aromatic rings. The highest BCUT2D eigenvalue weighted by Crippen LogP contribution is 2.27. The molecule has 4 nitrogen and oxygen atoms in total. The molecule has 1 atom stereocenters. The second-order valence-electron chi connectivity index (χ2n) is 2.80. The average molecular weight is 144 g/mol. The molecule has 58 valence electrons. The Labute approximate surface area is 59.7 Å². The van der Waals surface area contributed by atoms with E-state index >= 15 is 0 Å². The first-order valence-electron chi connectivity index (χ1n) is 3.58. The van der Waals surface area contributed by atoms with Crippen molar-refractivity contribution in [1.29, 1.82) is 0 Å². The van der Waals surface area contributed by atoms with Gasteiger partial charge in [0.25, 0.3) is 0 Å². The maximum atomic E-state index is 5.62. The van der Waals surface area contributed by atoms with Gasteiger partial charge >= 0.3 is 0 Å². The highest BCUT2D eigenvalue weighted by molar-refractivity contribution is 4.88. The van der Waals surface area contributed by atoms with Crippen LogP contribution in [0.2, 0.25) is 0 Å². The lowest BCUT2D eigenvalue weighted by Crippen LogP contribution is -2.32. The first-order valence-corrected chi connectivity index (χ1v) is 3.58. The number of nitrogens with two attached hydrogens (primary N) is 1. The lowest BCUT2D eigenvalue weighted by molar-refractivity contribution is -0.140. The van der Waals surface area contributed by atoms with Crippen molar-refractivity contribution in [3.8, 4) is 0 Å². The summed E-state index contributed by atoms with van der Waals surface area (Å²) >= 11 is 0. The molecule has 0 aromatic carbocycles. The van der Waals surface area contributed by atoms with Gasteiger partial charge in [-0.1, -0.05) is 0 Å². The van der Waals surface area contributed by atoms with E-state index in [1.807, 2.05) is 0 Å². The predicted octanol–water partition coefficient (Wildman–Crippen LogP) is -0.992. The van der Waals surface area contributed by atoms with Crippen LogP contribution in [0, 0.1) is 0 Å². The topological polar surface area (TPSA) is 56.5 Å². The quantitative estimate of drug-likeness (QED) is 0.458. The number of nitrogens with one attached hydrogen (secondary N) is 1. The van der Waals surface area contributed by atoms with Crippen molar-refractivity contribution in [2.24, 2.45) is 5.73 Å². The van der Waals surface area contributed by atoms with Gasteiger partial charge in [-0.2, -0.15) is 0 Å². The molecule has 1 unspecified atom stereocenters. The van der Waals surface area contributed by atoms with Crippen molar-refractivity contribution in [2.75, 3.05) is 19.8 Å². The van der Waals surface area contributed by atoms with Gasteiger partial charge in [0.05, 0.1) is 25.9 Å². The predicted molar refractivity (Wildman–Crippen MR) is 35.2 cm³/mol. The molecule has 2 aliphatic heterocycles. The molecule has 0 aliphatic carbocycles. The van der Waals surface area contributed by atoms with Crippen LogP contribution in [0.3, 0.4) is 0 Å². The SMILES string of the molecule is NC1CC2(CN1)OCCO2. The fourth-order valence-corrected chi connectivity index (χ4v) is 1.48. The minimum absolute atomic E-state index is 0.0399. The van der Waals surface area contributed by atoms with E-state index in [0.29, 0.717) is 13.2 Å². The number of hydrogen-bond acceptors (Lipinski definition) is 4. The fraction of sp³-hybridized carbons (Fsp3) is 1.00. The number of rotatable bonds is 0. The Hall–Kier alpha value is -0.160. The Morgan fingerprint density at radius 2 is 2.10 bits per heavy atom. The fourth-order valence-electron chi connectivity index (χ4n) is 1.48. The second-order valence-corrected chi connectivity index (χ2v) is 2.80. The summed E-state index contributed by atoms with van der Waals surface area (Å²) in [4.78, 5) is 0. The van der Waals surface area contributed by atoms with Crippen molar-refractivity contribution in [1.82, 2.24) is 5.32 Å². The van der Waals surface area contributed by atoms with E-state index in [1.54, 1.807) is 0 Å². The van der Waals surface area contributed by atoms with Crippen LogP contribution in [0.5, 0.6) is 0 Å². The summed E-state index contributed by atoms with van der Waals surface area (Å²) in [6, 6.07) is 0. The Kier molecular flexibility index (Phi) is 1.42. The second kappa shape index (κ2) is 2.17. The molecule has 2 rings (SSSR count). The van der Waals surface area contributed by atoms with Gasteiger partial charge in [-0.05, 0) is 0 Å². The molecule has 3 N–H and O–H groups in total. The van der Waals surface area contributed by atoms with Crippen molar-refractivity contribution < 1.29 is 9.47 Å². The van der Waals surface area contributed by atoms with Gasteiger partial charge in [0.1, 0.15) is 0 Å². The van der Waals surface area contributed by atoms with Gasteiger partial charge in [-0.3, -0.25) is 5.32 Å².